The van der Waals surface area contributed by atoms with Crippen LogP contribution in [0.2, 0.25) is 0 Å². The second kappa shape index (κ2) is 14.2. The van der Waals surface area contributed by atoms with E-state index < -0.39 is 48.4 Å². The predicted octanol–water partition coefficient (Wildman–Crippen LogP) is 3.18. The van der Waals surface area contributed by atoms with Gasteiger partial charge in [-0.15, -0.1) is 0 Å². The Morgan fingerprint density at radius 3 is 2.04 bits per heavy atom. The molecule has 14 heteroatoms. The zero-order chi connectivity index (χ0) is 32.8. The summed E-state index contributed by atoms with van der Waals surface area (Å²) in [6.45, 7) is 3.70. The van der Waals surface area contributed by atoms with E-state index >= 15 is 0 Å². The van der Waals surface area contributed by atoms with E-state index in [1.807, 2.05) is 60.7 Å². The van der Waals surface area contributed by atoms with Crippen LogP contribution >= 0.6 is 0 Å². The fourth-order valence-corrected chi connectivity index (χ4v) is 5.32. The third kappa shape index (κ3) is 7.12. The fourth-order valence-electron chi connectivity index (χ4n) is 5.32. The van der Waals surface area contributed by atoms with Gasteiger partial charge < -0.3 is 29.0 Å². The highest BCUT2D eigenvalue weighted by Gasteiger charge is 2.51. The van der Waals surface area contributed by atoms with Gasteiger partial charge in [-0.2, -0.15) is 0 Å². The number of hydrogen-bond donors (Lipinski definition) is 1. The first-order valence-corrected chi connectivity index (χ1v) is 14.5. The molecule has 1 saturated heterocycles. The Balaban J connectivity index is 1.56. The van der Waals surface area contributed by atoms with Crippen LogP contribution in [-0.4, -0.2) is 82.0 Å². The molecule has 46 heavy (non-hydrogen) atoms. The molecule has 0 amide bonds. The van der Waals surface area contributed by atoms with Gasteiger partial charge in [-0.1, -0.05) is 60.7 Å². The number of esters is 4. The van der Waals surface area contributed by atoms with Crippen molar-refractivity contribution in [2.75, 3.05) is 25.6 Å². The van der Waals surface area contributed by atoms with Gasteiger partial charge in [0.2, 0.25) is 5.82 Å². The monoisotopic (exact) mass is 631 g/mol. The van der Waals surface area contributed by atoms with Crippen molar-refractivity contribution in [1.82, 2.24) is 19.5 Å². The SMILES string of the molecule is COC(=O)c1nc(NCC(c2ccccc2)c2ccccc2)c2ncn(C3O[C@H](COC(C)=O)C(OC(C)=O)C3OC(C)=O)c2n1. The lowest BCUT2D eigenvalue weighted by atomic mass is 9.91. The van der Waals surface area contributed by atoms with E-state index in [4.69, 9.17) is 23.7 Å². The number of benzene rings is 2. The van der Waals surface area contributed by atoms with E-state index in [1.165, 1.54) is 38.8 Å². The molecule has 2 aromatic heterocycles. The Morgan fingerprint density at radius 1 is 0.870 bits per heavy atom. The van der Waals surface area contributed by atoms with Crippen LogP contribution < -0.4 is 5.32 Å². The number of carbonyl (C=O) groups is 4. The molecular formula is C32H33N5O9. The molecule has 1 N–H and O–H groups in total. The highest BCUT2D eigenvalue weighted by molar-refractivity contribution is 5.91. The van der Waals surface area contributed by atoms with Crippen LogP contribution in [0.15, 0.2) is 67.0 Å². The van der Waals surface area contributed by atoms with Crippen LogP contribution in [0, 0.1) is 0 Å². The second-order valence-corrected chi connectivity index (χ2v) is 10.5. The average molecular weight is 632 g/mol. The van der Waals surface area contributed by atoms with E-state index in [9.17, 15) is 19.2 Å². The molecule has 0 spiro atoms. The Morgan fingerprint density at radius 2 is 1.48 bits per heavy atom. The van der Waals surface area contributed by atoms with E-state index in [1.54, 1.807) is 0 Å². The maximum absolute atomic E-state index is 12.7. The molecular weight excluding hydrogens is 598 g/mol. The molecule has 1 aliphatic heterocycles. The van der Waals surface area contributed by atoms with Crippen molar-refractivity contribution in [3.8, 4) is 0 Å². The minimum Gasteiger partial charge on any atom is -0.463 e. The predicted molar refractivity (Wildman–Crippen MR) is 162 cm³/mol. The summed E-state index contributed by atoms with van der Waals surface area (Å²) in [6.07, 6.45) is -3.09. The number of rotatable bonds is 11. The zero-order valence-corrected chi connectivity index (χ0v) is 25.6. The Kier molecular flexibility index (Phi) is 9.86. The minimum absolute atomic E-state index is 0.0888. The smallest absolute Gasteiger partial charge is 0.376 e. The lowest BCUT2D eigenvalue weighted by molar-refractivity contribution is -0.166. The second-order valence-electron chi connectivity index (χ2n) is 10.5. The van der Waals surface area contributed by atoms with Gasteiger partial charge in [0.15, 0.2) is 35.4 Å². The lowest BCUT2D eigenvalue weighted by Gasteiger charge is -2.23. The molecule has 2 aromatic carbocycles. The molecule has 0 aliphatic carbocycles. The molecule has 1 fully saturated rings. The molecule has 1 aliphatic rings. The Bertz CT molecular complexity index is 1670. The van der Waals surface area contributed by atoms with Crippen molar-refractivity contribution >= 4 is 40.9 Å². The summed E-state index contributed by atoms with van der Waals surface area (Å²) >= 11 is 0. The van der Waals surface area contributed by atoms with Crippen molar-refractivity contribution in [2.45, 2.75) is 51.2 Å². The molecule has 5 rings (SSSR count). The third-order valence-electron chi connectivity index (χ3n) is 7.28. The molecule has 3 unspecified atom stereocenters. The number of aromatic nitrogens is 4. The number of imidazole rings is 1. The highest BCUT2D eigenvalue weighted by atomic mass is 16.7. The first-order valence-electron chi connectivity index (χ1n) is 14.5. The third-order valence-corrected chi connectivity index (χ3v) is 7.28. The van der Waals surface area contributed by atoms with E-state index in [0.29, 0.717) is 6.54 Å². The molecule has 4 atom stereocenters. The molecule has 4 aromatic rings. The number of nitrogens with zero attached hydrogens (tertiary/aromatic N) is 4. The quantitative estimate of drug-likeness (QED) is 0.189. The standard InChI is InChI=1S/C32H33N5O9/c1-18(38)43-16-24-26(44-19(2)39)27(45-20(3)40)31(46-24)37-17-34-25-28(35-29(32(41)42-4)36-30(25)37)33-15-23(21-11-7-5-8-12-21)22-13-9-6-10-14-22/h5-14,17,23-24,26-27,31H,15-16H2,1-4H3,(H,33,35,36)/t24-,26?,27?,31?/m1/s1. The Labute approximate surface area is 264 Å². The van der Waals surface area contributed by atoms with Crippen LogP contribution in [0.3, 0.4) is 0 Å². The first kappa shape index (κ1) is 32.0. The van der Waals surface area contributed by atoms with Crippen molar-refractivity contribution in [3.63, 3.8) is 0 Å². The molecule has 14 nitrogen and oxygen atoms in total. The maximum Gasteiger partial charge on any atom is 0.376 e. The van der Waals surface area contributed by atoms with Gasteiger partial charge in [0.25, 0.3) is 0 Å². The van der Waals surface area contributed by atoms with Gasteiger partial charge in [-0.3, -0.25) is 19.0 Å². The summed E-state index contributed by atoms with van der Waals surface area (Å²) < 4.78 is 28.7. The van der Waals surface area contributed by atoms with Crippen molar-refractivity contribution < 1.29 is 42.9 Å². The van der Waals surface area contributed by atoms with Crippen LogP contribution in [-0.2, 0) is 38.1 Å². The highest BCUT2D eigenvalue weighted by Crippen LogP contribution is 2.37. The van der Waals surface area contributed by atoms with E-state index in [-0.39, 0.29) is 35.3 Å². The molecule has 3 heterocycles. The number of ether oxygens (including phenoxy) is 5. The molecule has 0 radical (unpaired) electrons. The number of methoxy groups -OCH3 is 1. The van der Waals surface area contributed by atoms with Gasteiger partial charge >= 0.3 is 23.9 Å². The summed E-state index contributed by atoms with van der Waals surface area (Å²) in [7, 11) is 1.21. The fraction of sp³-hybridized carbons (Fsp3) is 0.344. The van der Waals surface area contributed by atoms with E-state index in [0.717, 1.165) is 11.1 Å². The average Bonchev–Trinajstić information content (AvgIpc) is 3.61. The van der Waals surface area contributed by atoms with Gasteiger partial charge in [-0.25, -0.2) is 19.7 Å². The zero-order valence-electron chi connectivity index (χ0n) is 25.6. The largest absolute Gasteiger partial charge is 0.463 e. The molecule has 0 saturated carbocycles. The summed E-state index contributed by atoms with van der Waals surface area (Å²) in [5, 5.41) is 3.34. The molecule has 0 bridgehead atoms. The van der Waals surface area contributed by atoms with Gasteiger partial charge in [0, 0.05) is 33.2 Å². The number of anilines is 1. The summed E-state index contributed by atoms with van der Waals surface area (Å²) in [6, 6.07) is 19.9. The molecule has 240 valence electrons. The summed E-state index contributed by atoms with van der Waals surface area (Å²) in [5.74, 6) is -2.82. The topological polar surface area (TPSA) is 170 Å². The van der Waals surface area contributed by atoms with Crippen LogP contribution in [0.4, 0.5) is 5.82 Å². The summed E-state index contributed by atoms with van der Waals surface area (Å²) in [5.41, 5.74) is 2.55. The lowest BCUT2D eigenvalue weighted by Crippen LogP contribution is -2.40. The Hall–Kier alpha value is -5.37. The minimum atomic E-state index is -1.19. The number of carbonyl (C=O) groups excluding carboxylic acids is 4. The first-order chi connectivity index (χ1) is 22.2. The van der Waals surface area contributed by atoms with Crippen molar-refractivity contribution in [1.29, 1.82) is 0 Å². The van der Waals surface area contributed by atoms with Crippen LogP contribution in [0.25, 0.3) is 11.2 Å². The number of fused-ring (bicyclic) bond motifs is 1. The van der Waals surface area contributed by atoms with Crippen molar-refractivity contribution in [3.05, 3.63) is 83.9 Å². The van der Waals surface area contributed by atoms with E-state index in [2.05, 4.69) is 20.3 Å². The maximum atomic E-state index is 12.7. The number of nitrogens with one attached hydrogen (secondary N) is 1. The van der Waals surface area contributed by atoms with Crippen LogP contribution in [0.1, 0.15) is 54.7 Å². The van der Waals surface area contributed by atoms with Crippen LogP contribution in [0.5, 0.6) is 0 Å². The van der Waals surface area contributed by atoms with Crippen molar-refractivity contribution in [2.24, 2.45) is 0 Å². The van der Waals surface area contributed by atoms with Gasteiger partial charge in [0.05, 0.1) is 13.4 Å². The summed E-state index contributed by atoms with van der Waals surface area (Å²) in [4.78, 5) is 61.9. The normalized spacial score (nSPS) is 19.1. The van der Waals surface area contributed by atoms with Gasteiger partial charge in [0.1, 0.15) is 12.7 Å². The van der Waals surface area contributed by atoms with Gasteiger partial charge in [-0.05, 0) is 11.1 Å². The number of hydrogen-bond acceptors (Lipinski definition) is 13.